The second-order valence-electron chi connectivity index (χ2n) is 7.42. The maximum atomic E-state index is 13.0. The Morgan fingerprint density at radius 1 is 1.24 bits per heavy atom. The maximum Gasteiger partial charge on any atom is 0.280 e. The quantitative estimate of drug-likeness (QED) is 0.754. The third kappa shape index (κ3) is 5.08. The highest BCUT2D eigenvalue weighted by Gasteiger charge is 2.30. The van der Waals surface area contributed by atoms with Crippen LogP contribution in [0.3, 0.4) is 0 Å². The predicted molar refractivity (Wildman–Crippen MR) is 113 cm³/mol. The number of fused-ring (bicyclic) bond motifs is 1. The van der Waals surface area contributed by atoms with E-state index in [0.29, 0.717) is 29.5 Å². The third-order valence-electron chi connectivity index (χ3n) is 5.43. The van der Waals surface area contributed by atoms with Crippen molar-refractivity contribution in [2.45, 2.75) is 25.9 Å². The molecule has 29 heavy (non-hydrogen) atoms. The summed E-state index contributed by atoms with van der Waals surface area (Å²) < 4.78 is 5.26. The van der Waals surface area contributed by atoms with E-state index in [2.05, 4.69) is 17.4 Å². The maximum absolute atomic E-state index is 13.0. The fraction of sp³-hybridized carbons (Fsp3) is 0.364. The largest absolute Gasteiger partial charge is 0.495 e. The summed E-state index contributed by atoms with van der Waals surface area (Å²) in [5.74, 6) is 0.397. The molecule has 0 saturated heterocycles. The van der Waals surface area contributed by atoms with Gasteiger partial charge in [-0.3, -0.25) is 9.59 Å². The topological polar surface area (TPSA) is 63.1 Å². The van der Waals surface area contributed by atoms with Crippen molar-refractivity contribution in [2.24, 2.45) is 0 Å². The summed E-state index contributed by atoms with van der Waals surface area (Å²) in [6, 6.07) is 12.9. The number of nitrogens with one attached hydrogen (secondary N) is 2. The zero-order chi connectivity index (χ0) is 21.0. The lowest BCUT2D eigenvalue weighted by Gasteiger charge is -2.32. The minimum atomic E-state index is -0.327. The van der Waals surface area contributed by atoms with Gasteiger partial charge < -0.3 is 19.9 Å². The van der Waals surface area contributed by atoms with Crippen molar-refractivity contribution >= 4 is 29.1 Å². The number of carbonyl (C=O) groups is 2. The summed E-state index contributed by atoms with van der Waals surface area (Å²) in [7, 11) is 3.39. The molecule has 0 aromatic heterocycles. The van der Waals surface area contributed by atoms with E-state index in [1.165, 1.54) is 18.2 Å². The molecule has 1 heterocycles. The zero-order valence-corrected chi connectivity index (χ0v) is 17.8. The van der Waals surface area contributed by atoms with Gasteiger partial charge in [0, 0.05) is 18.1 Å². The van der Waals surface area contributed by atoms with Gasteiger partial charge in [-0.1, -0.05) is 35.9 Å². The Hall–Kier alpha value is -2.57. The predicted octanol–water partition coefficient (Wildman–Crippen LogP) is 1.78. The van der Waals surface area contributed by atoms with Crippen LogP contribution in [0.15, 0.2) is 42.5 Å². The average Bonchev–Trinajstić information content (AvgIpc) is 2.72. The van der Waals surface area contributed by atoms with Crippen LogP contribution >= 0.6 is 11.6 Å². The second kappa shape index (κ2) is 9.29. The van der Waals surface area contributed by atoms with Crippen LogP contribution in [0.2, 0.25) is 5.02 Å². The summed E-state index contributed by atoms with van der Waals surface area (Å²) in [4.78, 5) is 28.2. The zero-order valence-electron chi connectivity index (χ0n) is 17.0. The molecule has 1 unspecified atom stereocenters. The van der Waals surface area contributed by atoms with Gasteiger partial charge in [-0.25, -0.2) is 0 Å². The van der Waals surface area contributed by atoms with Crippen LogP contribution in [-0.4, -0.2) is 50.0 Å². The summed E-state index contributed by atoms with van der Waals surface area (Å²) in [6.07, 6.45) is 0.864. The van der Waals surface area contributed by atoms with Gasteiger partial charge in [0.2, 0.25) is 0 Å². The summed E-state index contributed by atoms with van der Waals surface area (Å²) in [5, 5.41) is 3.34. The number of likely N-dealkylation sites (N-methyl/N-ethyl adjacent to an activating group) is 1. The van der Waals surface area contributed by atoms with Crippen LogP contribution in [0.5, 0.6) is 5.75 Å². The van der Waals surface area contributed by atoms with E-state index in [1.807, 2.05) is 31.0 Å². The number of halogens is 1. The second-order valence-corrected chi connectivity index (χ2v) is 7.85. The van der Waals surface area contributed by atoms with Gasteiger partial charge in [-0.2, -0.15) is 0 Å². The minimum Gasteiger partial charge on any atom is -0.495 e. The van der Waals surface area contributed by atoms with E-state index in [1.54, 1.807) is 18.2 Å². The molecule has 0 aliphatic carbocycles. The molecule has 6 nitrogen and oxygen atoms in total. The Morgan fingerprint density at radius 2 is 1.97 bits per heavy atom. The first-order chi connectivity index (χ1) is 13.9. The Kier molecular flexibility index (Phi) is 6.77. The Labute approximate surface area is 176 Å². The number of benzene rings is 2. The first-order valence-electron chi connectivity index (χ1n) is 9.70. The molecule has 1 aliphatic heterocycles. The first-order valence-corrected chi connectivity index (χ1v) is 10.1. The molecule has 0 bridgehead atoms. The van der Waals surface area contributed by atoms with Gasteiger partial charge in [-0.15, -0.1) is 0 Å². The molecule has 154 valence electrons. The van der Waals surface area contributed by atoms with Crippen molar-refractivity contribution in [3.63, 3.8) is 0 Å². The number of nitrogens with zero attached hydrogens (tertiary/aromatic N) is 1. The highest BCUT2D eigenvalue weighted by atomic mass is 35.5. The smallest absolute Gasteiger partial charge is 0.280 e. The van der Waals surface area contributed by atoms with Crippen LogP contribution in [0.1, 0.15) is 18.1 Å². The minimum absolute atomic E-state index is 0.0603. The number of hydrogen-bond donors (Lipinski definition) is 2. The molecule has 2 atom stereocenters. The summed E-state index contributed by atoms with van der Waals surface area (Å²) in [5.41, 5.74) is 3.02. The van der Waals surface area contributed by atoms with Crippen LogP contribution in [-0.2, 0) is 22.6 Å². The monoisotopic (exact) mass is 416 g/mol. The number of carbonyl (C=O) groups excluding carboxylic acids is 2. The van der Waals surface area contributed by atoms with E-state index in [0.717, 1.165) is 11.3 Å². The lowest BCUT2D eigenvalue weighted by molar-refractivity contribution is -0.886. The first kappa shape index (κ1) is 21.1. The molecule has 3 rings (SSSR count). The number of rotatable bonds is 6. The van der Waals surface area contributed by atoms with Gasteiger partial charge in [0.25, 0.3) is 11.8 Å². The van der Waals surface area contributed by atoms with Crippen molar-refractivity contribution in [2.75, 3.05) is 32.6 Å². The number of anilines is 1. The van der Waals surface area contributed by atoms with E-state index in [4.69, 9.17) is 16.3 Å². The van der Waals surface area contributed by atoms with Crippen molar-refractivity contribution in [3.05, 3.63) is 58.6 Å². The van der Waals surface area contributed by atoms with Gasteiger partial charge in [-0.05, 0) is 42.7 Å². The van der Waals surface area contributed by atoms with Gasteiger partial charge in [0.1, 0.15) is 5.75 Å². The molecule has 0 spiro atoms. The molecule has 2 aromatic carbocycles. The number of quaternary nitrogens is 1. The van der Waals surface area contributed by atoms with E-state index < -0.39 is 0 Å². The summed E-state index contributed by atoms with van der Waals surface area (Å²) in [6.45, 7) is 3.36. The number of ether oxygens (including phenoxy) is 1. The molecule has 0 fully saturated rings. The highest BCUT2D eigenvalue weighted by molar-refractivity contribution is 6.31. The van der Waals surface area contributed by atoms with Gasteiger partial charge >= 0.3 is 0 Å². The average molecular weight is 417 g/mol. The standard InChI is InChI=1S/C22H26ClN3O3/c1-15(22(28)26-11-10-16-6-4-5-7-17(16)13-26)25(2)14-21(27)24-19-12-18(23)8-9-20(19)29-3/h4-9,12,15H,10-11,13-14H2,1-3H3,(H,24,27)/p+1/t15-/m1/s1. The molecular formula is C22H27ClN3O3+. The van der Waals surface area contributed by atoms with Crippen molar-refractivity contribution in [3.8, 4) is 5.75 Å². The van der Waals surface area contributed by atoms with Crippen LogP contribution < -0.4 is 15.0 Å². The van der Waals surface area contributed by atoms with E-state index >= 15 is 0 Å². The number of hydrogen-bond acceptors (Lipinski definition) is 3. The SMILES string of the molecule is COc1ccc(Cl)cc1NC(=O)C[NH+](C)[C@H](C)C(=O)N1CCc2ccccc2C1. The number of amides is 2. The molecule has 0 radical (unpaired) electrons. The molecule has 2 N–H and O–H groups in total. The molecular weight excluding hydrogens is 390 g/mol. The fourth-order valence-corrected chi connectivity index (χ4v) is 3.72. The fourth-order valence-electron chi connectivity index (χ4n) is 3.55. The van der Waals surface area contributed by atoms with Crippen LogP contribution in [0.4, 0.5) is 5.69 Å². The van der Waals surface area contributed by atoms with Crippen molar-refractivity contribution in [1.82, 2.24) is 4.90 Å². The lowest BCUT2D eigenvalue weighted by atomic mass is 9.99. The lowest BCUT2D eigenvalue weighted by Crippen LogP contribution is -3.15. The summed E-state index contributed by atoms with van der Waals surface area (Å²) >= 11 is 6.01. The normalized spacial score (nSPS) is 15.2. The Balaban J connectivity index is 1.59. The number of methoxy groups -OCH3 is 1. The molecule has 0 saturated carbocycles. The Bertz CT molecular complexity index is 903. The highest BCUT2D eigenvalue weighted by Crippen LogP contribution is 2.27. The Morgan fingerprint density at radius 3 is 2.69 bits per heavy atom. The van der Waals surface area contributed by atoms with Gasteiger partial charge in [0.15, 0.2) is 12.6 Å². The van der Waals surface area contributed by atoms with E-state index in [-0.39, 0.29) is 24.4 Å². The third-order valence-corrected chi connectivity index (χ3v) is 5.66. The van der Waals surface area contributed by atoms with Crippen molar-refractivity contribution in [1.29, 1.82) is 0 Å². The molecule has 1 aliphatic rings. The molecule has 2 amide bonds. The van der Waals surface area contributed by atoms with Crippen LogP contribution in [0, 0.1) is 0 Å². The molecule has 7 heteroatoms. The molecule has 2 aromatic rings. The van der Waals surface area contributed by atoms with Gasteiger partial charge in [0.05, 0.1) is 19.8 Å². The van der Waals surface area contributed by atoms with E-state index in [9.17, 15) is 9.59 Å². The van der Waals surface area contributed by atoms with Crippen molar-refractivity contribution < 1.29 is 19.2 Å². The van der Waals surface area contributed by atoms with Crippen LogP contribution in [0.25, 0.3) is 0 Å².